The van der Waals surface area contributed by atoms with Gasteiger partial charge in [-0.15, -0.1) is 0 Å². The molecule has 0 bridgehead atoms. The topological polar surface area (TPSA) is 89.0 Å². The molecule has 7 heteroatoms. The van der Waals surface area contributed by atoms with Crippen molar-refractivity contribution >= 4 is 17.4 Å². The first-order chi connectivity index (χ1) is 14.8. The summed E-state index contributed by atoms with van der Waals surface area (Å²) in [5.74, 6) is -0.479. The van der Waals surface area contributed by atoms with E-state index in [9.17, 15) is 14.7 Å². The maximum atomic E-state index is 12.9. The second kappa shape index (κ2) is 9.75. The summed E-state index contributed by atoms with van der Waals surface area (Å²) in [6.45, 7) is 7.10. The van der Waals surface area contributed by atoms with Gasteiger partial charge in [-0.3, -0.25) is 14.6 Å². The van der Waals surface area contributed by atoms with Gasteiger partial charge in [-0.25, -0.2) is 0 Å². The fourth-order valence-corrected chi connectivity index (χ4v) is 3.56. The first kappa shape index (κ1) is 22.5. The Kier molecular flexibility index (Phi) is 7.07. The fourth-order valence-electron chi connectivity index (χ4n) is 3.56. The quantitative estimate of drug-likeness (QED) is 0.396. The molecule has 1 unspecified atom stereocenters. The van der Waals surface area contributed by atoms with Crippen molar-refractivity contribution in [2.75, 3.05) is 26.9 Å². The molecular formula is C24H28N2O5. The van der Waals surface area contributed by atoms with Crippen LogP contribution in [0.2, 0.25) is 0 Å². The number of carbonyl (C=O) groups excluding carboxylic acids is 2. The molecule has 3 rings (SSSR count). The van der Waals surface area contributed by atoms with Gasteiger partial charge in [0.15, 0.2) is 0 Å². The second-order valence-corrected chi connectivity index (χ2v) is 7.95. The van der Waals surface area contributed by atoms with Crippen LogP contribution in [0.3, 0.4) is 0 Å². The highest BCUT2D eigenvalue weighted by atomic mass is 16.5. The number of amides is 1. The van der Waals surface area contributed by atoms with Gasteiger partial charge in [0.05, 0.1) is 24.8 Å². The van der Waals surface area contributed by atoms with Crippen LogP contribution in [0.5, 0.6) is 5.75 Å². The molecule has 1 fully saturated rings. The van der Waals surface area contributed by atoms with Crippen LogP contribution in [0.15, 0.2) is 48.3 Å². The number of hydrogen-bond donors (Lipinski definition) is 1. The molecule has 31 heavy (non-hydrogen) atoms. The zero-order valence-electron chi connectivity index (χ0n) is 18.3. The van der Waals surface area contributed by atoms with Gasteiger partial charge in [0.2, 0.25) is 0 Å². The molecular weight excluding hydrogens is 396 g/mol. The molecule has 2 heterocycles. The number of aromatic nitrogens is 1. The molecule has 1 atom stereocenters. The van der Waals surface area contributed by atoms with Crippen molar-refractivity contribution in [2.24, 2.45) is 5.92 Å². The van der Waals surface area contributed by atoms with Crippen molar-refractivity contribution in [1.29, 1.82) is 0 Å². The summed E-state index contributed by atoms with van der Waals surface area (Å²) < 4.78 is 10.9. The van der Waals surface area contributed by atoms with Crippen LogP contribution >= 0.6 is 0 Å². The number of hydrogen-bond acceptors (Lipinski definition) is 6. The largest absolute Gasteiger partial charge is 0.507 e. The second-order valence-electron chi connectivity index (χ2n) is 7.95. The summed E-state index contributed by atoms with van der Waals surface area (Å²) in [7, 11) is 1.53. The zero-order chi connectivity index (χ0) is 22.5. The minimum atomic E-state index is -0.715. The SMILES string of the molecule is COCCN1C(=O)C(=O)/C(=C(\O)c2ccc(OCC(C)C)c(C)c2)C1c1ccncc1. The minimum Gasteiger partial charge on any atom is -0.507 e. The number of likely N-dealkylation sites (tertiary alicyclic amines) is 1. The van der Waals surface area contributed by atoms with Gasteiger partial charge in [0, 0.05) is 31.6 Å². The Labute approximate surface area is 182 Å². The van der Waals surface area contributed by atoms with Crippen LogP contribution in [0.1, 0.15) is 36.6 Å². The van der Waals surface area contributed by atoms with E-state index in [1.807, 2.05) is 6.92 Å². The summed E-state index contributed by atoms with van der Waals surface area (Å²) in [5, 5.41) is 11.1. The van der Waals surface area contributed by atoms with E-state index in [-0.39, 0.29) is 24.5 Å². The molecule has 1 N–H and O–H groups in total. The number of ketones is 1. The molecule has 2 aromatic rings. The number of aryl methyl sites for hydroxylation is 1. The zero-order valence-corrected chi connectivity index (χ0v) is 18.3. The lowest BCUT2D eigenvalue weighted by molar-refractivity contribution is -0.140. The van der Waals surface area contributed by atoms with Crippen LogP contribution in [-0.2, 0) is 14.3 Å². The molecule has 1 aromatic carbocycles. The van der Waals surface area contributed by atoms with Crippen molar-refractivity contribution < 1.29 is 24.2 Å². The van der Waals surface area contributed by atoms with Gasteiger partial charge >= 0.3 is 0 Å². The summed E-state index contributed by atoms with van der Waals surface area (Å²) in [6, 6.07) is 7.99. The van der Waals surface area contributed by atoms with Crippen LogP contribution in [0.25, 0.3) is 5.76 Å². The first-order valence-electron chi connectivity index (χ1n) is 10.3. The summed E-state index contributed by atoms with van der Waals surface area (Å²) >= 11 is 0. The van der Waals surface area contributed by atoms with Crippen LogP contribution in [0.4, 0.5) is 0 Å². The Bertz CT molecular complexity index is 985. The van der Waals surface area contributed by atoms with E-state index >= 15 is 0 Å². The van der Waals surface area contributed by atoms with Gasteiger partial charge in [0.1, 0.15) is 11.5 Å². The average molecular weight is 424 g/mol. The lowest BCUT2D eigenvalue weighted by atomic mass is 9.95. The lowest BCUT2D eigenvalue weighted by Crippen LogP contribution is -2.32. The van der Waals surface area contributed by atoms with Crippen LogP contribution in [0, 0.1) is 12.8 Å². The Morgan fingerprint density at radius 3 is 2.52 bits per heavy atom. The van der Waals surface area contributed by atoms with E-state index in [0.29, 0.717) is 23.7 Å². The number of aliphatic hydroxyl groups is 1. The number of ether oxygens (including phenoxy) is 2. The number of Topliss-reactive ketones (excluding diaryl/α,β-unsaturated/α-hetero) is 1. The standard InChI is InChI=1S/C24H28N2O5/c1-15(2)14-31-19-6-5-18(13-16(19)3)22(27)20-21(17-7-9-25-10-8-17)26(11-12-30-4)24(29)23(20)28/h5-10,13,15,21,27H,11-12,14H2,1-4H3/b22-20-. The Hall–Kier alpha value is -3.19. The van der Waals surface area contributed by atoms with Crippen molar-refractivity contribution in [3.8, 4) is 5.75 Å². The van der Waals surface area contributed by atoms with E-state index in [1.54, 1.807) is 42.7 Å². The average Bonchev–Trinajstić information content (AvgIpc) is 3.01. The van der Waals surface area contributed by atoms with E-state index in [0.717, 1.165) is 11.3 Å². The highest BCUT2D eigenvalue weighted by Crippen LogP contribution is 2.39. The predicted octanol–water partition coefficient (Wildman–Crippen LogP) is 3.49. The molecule has 1 aliphatic rings. The van der Waals surface area contributed by atoms with E-state index < -0.39 is 17.7 Å². The van der Waals surface area contributed by atoms with Gasteiger partial charge in [-0.2, -0.15) is 0 Å². The summed E-state index contributed by atoms with van der Waals surface area (Å²) in [4.78, 5) is 31.1. The number of methoxy groups -OCH3 is 1. The molecule has 1 aromatic heterocycles. The Morgan fingerprint density at radius 1 is 1.19 bits per heavy atom. The smallest absolute Gasteiger partial charge is 0.295 e. The molecule has 1 saturated heterocycles. The molecule has 1 amide bonds. The molecule has 0 aliphatic carbocycles. The van der Waals surface area contributed by atoms with Gasteiger partial charge in [0.25, 0.3) is 11.7 Å². The molecule has 1 aliphatic heterocycles. The van der Waals surface area contributed by atoms with Crippen molar-refractivity contribution in [1.82, 2.24) is 9.88 Å². The normalized spacial score (nSPS) is 18.1. The number of rotatable bonds is 8. The molecule has 7 nitrogen and oxygen atoms in total. The number of aliphatic hydroxyl groups excluding tert-OH is 1. The highest BCUT2D eigenvalue weighted by Gasteiger charge is 2.45. The van der Waals surface area contributed by atoms with Gasteiger partial charge in [-0.05, 0) is 54.3 Å². The minimum absolute atomic E-state index is 0.0579. The number of carbonyl (C=O) groups is 2. The van der Waals surface area contributed by atoms with E-state index in [4.69, 9.17) is 9.47 Å². The maximum Gasteiger partial charge on any atom is 0.295 e. The Morgan fingerprint density at radius 2 is 1.90 bits per heavy atom. The van der Waals surface area contributed by atoms with Gasteiger partial charge < -0.3 is 19.5 Å². The number of pyridine rings is 1. The molecule has 0 radical (unpaired) electrons. The molecule has 164 valence electrons. The highest BCUT2D eigenvalue weighted by molar-refractivity contribution is 6.46. The monoisotopic (exact) mass is 424 g/mol. The lowest BCUT2D eigenvalue weighted by Gasteiger charge is -2.24. The number of nitrogens with zero attached hydrogens (tertiary/aromatic N) is 2. The summed E-state index contributed by atoms with van der Waals surface area (Å²) in [5.41, 5.74) is 2.04. The van der Waals surface area contributed by atoms with Crippen LogP contribution < -0.4 is 4.74 Å². The summed E-state index contributed by atoms with van der Waals surface area (Å²) in [6.07, 6.45) is 3.19. The van der Waals surface area contributed by atoms with Gasteiger partial charge in [-0.1, -0.05) is 13.8 Å². The van der Waals surface area contributed by atoms with Crippen LogP contribution in [-0.4, -0.2) is 53.5 Å². The maximum absolute atomic E-state index is 12.9. The Balaban J connectivity index is 2.05. The van der Waals surface area contributed by atoms with Crippen molar-refractivity contribution in [3.63, 3.8) is 0 Å². The molecule has 0 saturated carbocycles. The van der Waals surface area contributed by atoms with E-state index in [2.05, 4.69) is 18.8 Å². The van der Waals surface area contributed by atoms with Crippen molar-refractivity contribution in [3.05, 3.63) is 65.0 Å². The van der Waals surface area contributed by atoms with Crippen molar-refractivity contribution in [2.45, 2.75) is 26.8 Å². The molecule has 0 spiro atoms. The number of benzene rings is 1. The fraction of sp³-hybridized carbons (Fsp3) is 0.375. The third kappa shape index (κ3) is 4.77. The third-order valence-corrected chi connectivity index (χ3v) is 5.12. The predicted molar refractivity (Wildman–Crippen MR) is 117 cm³/mol. The first-order valence-corrected chi connectivity index (χ1v) is 10.3. The third-order valence-electron chi connectivity index (χ3n) is 5.12. The van der Waals surface area contributed by atoms with E-state index in [1.165, 1.54) is 12.0 Å².